The minimum Gasteiger partial charge on any atom is -0.391 e. The van der Waals surface area contributed by atoms with Crippen LogP contribution in [0.4, 0.5) is 13.2 Å². The largest absolute Gasteiger partial charge is 0.416 e. The second-order valence-electron chi connectivity index (χ2n) is 9.21. The van der Waals surface area contributed by atoms with Crippen LogP contribution in [0.1, 0.15) is 67.4 Å². The van der Waals surface area contributed by atoms with Gasteiger partial charge >= 0.3 is 6.18 Å². The molecule has 5 rings (SSSR count). The molecule has 1 aliphatic heterocycles. The van der Waals surface area contributed by atoms with E-state index >= 15 is 0 Å². The fraction of sp³-hybridized carbons (Fsp3) is 0.545. The van der Waals surface area contributed by atoms with Crippen LogP contribution < -0.4 is 0 Å². The fourth-order valence-corrected chi connectivity index (χ4v) is 5.50. The summed E-state index contributed by atoms with van der Waals surface area (Å²) in [7, 11) is 0. The average Bonchev–Trinajstić information content (AvgIpc) is 3.15. The average molecular weight is 480 g/mol. The van der Waals surface area contributed by atoms with Gasteiger partial charge in [0.25, 0.3) is 0 Å². The molecule has 11 heteroatoms. The number of aliphatic hydroxyl groups excluding tert-OH is 1. The SMILES string of the molecule is CC(C)[C@@H](C(=O)N1C[C@H](O)C[C@H]1c1nc2cc(C(F)(F)F)ccc2s1)n1cc(C2CC2)nn1. The Bertz CT molecular complexity index is 1190. The van der Waals surface area contributed by atoms with Gasteiger partial charge in [-0.1, -0.05) is 19.1 Å². The summed E-state index contributed by atoms with van der Waals surface area (Å²) in [6, 6.07) is 2.37. The van der Waals surface area contributed by atoms with Gasteiger partial charge in [-0.2, -0.15) is 13.2 Å². The summed E-state index contributed by atoms with van der Waals surface area (Å²) in [5, 5.41) is 19.3. The van der Waals surface area contributed by atoms with Crippen molar-refractivity contribution in [1.82, 2.24) is 24.9 Å². The number of likely N-dealkylation sites (tertiary alicyclic amines) is 1. The maximum atomic E-state index is 13.7. The van der Waals surface area contributed by atoms with Gasteiger partial charge in [-0.3, -0.25) is 4.79 Å². The summed E-state index contributed by atoms with van der Waals surface area (Å²) in [6.45, 7) is 4.00. The Kier molecular flexibility index (Phi) is 5.43. The number of hydrogen-bond donors (Lipinski definition) is 1. The molecule has 2 aliphatic rings. The molecule has 33 heavy (non-hydrogen) atoms. The van der Waals surface area contributed by atoms with E-state index in [1.54, 1.807) is 9.58 Å². The van der Waals surface area contributed by atoms with Gasteiger partial charge in [-0.25, -0.2) is 9.67 Å². The number of hydrogen-bond acceptors (Lipinski definition) is 6. The van der Waals surface area contributed by atoms with Gasteiger partial charge in [0.1, 0.15) is 11.0 Å². The van der Waals surface area contributed by atoms with Crippen molar-refractivity contribution in [2.45, 2.75) is 63.4 Å². The van der Waals surface area contributed by atoms with E-state index < -0.39 is 29.9 Å². The van der Waals surface area contributed by atoms with Crippen molar-refractivity contribution in [3.63, 3.8) is 0 Å². The van der Waals surface area contributed by atoms with Crippen molar-refractivity contribution in [2.24, 2.45) is 5.92 Å². The number of rotatable bonds is 5. The zero-order valence-electron chi connectivity index (χ0n) is 18.2. The van der Waals surface area contributed by atoms with Crippen LogP contribution in [0, 0.1) is 5.92 Å². The zero-order valence-corrected chi connectivity index (χ0v) is 19.0. The number of carbonyl (C=O) groups excluding carboxylic acids is 1. The molecule has 1 saturated heterocycles. The van der Waals surface area contributed by atoms with E-state index in [-0.39, 0.29) is 30.3 Å². The number of aliphatic hydroxyl groups is 1. The van der Waals surface area contributed by atoms with Crippen LogP contribution in [-0.4, -0.2) is 48.5 Å². The maximum absolute atomic E-state index is 13.7. The summed E-state index contributed by atoms with van der Waals surface area (Å²) in [4.78, 5) is 19.7. The molecule has 2 fully saturated rings. The van der Waals surface area contributed by atoms with E-state index in [9.17, 15) is 23.1 Å². The molecule has 0 bridgehead atoms. The molecule has 3 aromatic rings. The summed E-state index contributed by atoms with van der Waals surface area (Å²) in [5.74, 6) is 0.135. The van der Waals surface area contributed by atoms with Gasteiger partial charge < -0.3 is 10.0 Å². The van der Waals surface area contributed by atoms with E-state index in [4.69, 9.17) is 0 Å². The Morgan fingerprint density at radius 1 is 1.27 bits per heavy atom. The van der Waals surface area contributed by atoms with Gasteiger partial charge in [0, 0.05) is 25.1 Å². The number of aromatic nitrogens is 4. The first-order valence-electron chi connectivity index (χ1n) is 11.0. The van der Waals surface area contributed by atoms with Crippen molar-refractivity contribution in [3.8, 4) is 0 Å². The van der Waals surface area contributed by atoms with Crippen LogP contribution in [0.2, 0.25) is 0 Å². The smallest absolute Gasteiger partial charge is 0.391 e. The first-order chi connectivity index (χ1) is 15.6. The third-order valence-electron chi connectivity index (χ3n) is 6.27. The van der Waals surface area contributed by atoms with Gasteiger partial charge in [0.2, 0.25) is 5.91 Å². The normalized spacial score (nSPS) is 22.5. The Balaban J connectivity index is 1.45. The van der Waals surface area contributed by atoms with Gasteiger partial charge in [-0.05, 0) is 37.0 Å². The predicted molar refractivity (Wildman–Crippen MR) is 116 cm³/mol. The lowest BCUT2D eigenvalue weighted by Crippen LogP contribution is -2.40. The van der Waals surface area contributed by atoms with Crippen molar-refractivity contribution in [3.05, 3.63) is 40.7 Å². The Morgan fingerprint density at radius 3 is 2.70 bits per heavy atom. The molecular formula is C22H24F3N5O2S. The van der Waals surface area contributed by atoms with Crippen LogP contribution >= 0.6 is 11.3 Å². The van der Waals surface area contributed by atoms with Crippen LogP contribution in [0.3, 0.4) is 0 Å². The lowest BCUT2D eigenvalue weighted by Gasteiger charge is -2.29. The van der Waals surface area contributed by atoms with E-state index in [0.717, 1.165) is 30.7 Å². The maximum Gasteiger partial charge on any atom is 0.416 e. The van der Waals surface area contributed by atoms with Crippen LogP contribution in [0.25, 0.3) is 10.2 Å². The Morgan fingerprint density at radius 2 is 2.03 bits per heavy atom. The highest BCUT2D eigenvalue weighted by Crippen LogP contribution is 2.41. The summed E-state index contributed by atoms with van der Waals surface area (Å²) < 4.78 is 41.5. The Hall–Kier alpha value is -2.53. The second-order valence-corrected chi connectivity index (χ2v) is 10.3. The third kappa shape index (κ3) is 4.23. The van der Waals surface area contributed by atoms with E-state index in [0.29, 0.717) is 15.6 Å². The molecule has 1 aliphatic carbocycles. The van der Waals surface area contributed by atoms with Crippen LogP contribution in [-0.2, 0) is 11.0 Å². The number of halogens is 3. The Labute approximate surface area is 192 Å². The van der Waals surface area contributed by atoms with Crippen molar-refractivity contribution < 1.29 is 23.1 Å². The third-order valence-corrected chi connectivity index (χ3v) is 7.41. The highest BCUT2D eigenvalue weighted by atomic mass is 32.1. The van der Waals surface area contributed by atoms with Crippen LogP contribution in [0.15, 0.2) is 24.4 Å². The number of thiazole rings is 1. The van der Waals surface area contributed by atoms with Crippen molar-refractivity contribution >= 4 is 27.5 Å². The molecule has 1 aromatic carbocycles. The van der Waals surface area contributed by atoms with E-state index in [2.05, 4.69) is 15.3 Å². The molecule has 3 heterocycles. The first kappa shape index (κ1) is 22.3. The minimum atomic E-state index is -4.45. The number of carbonyl (C=O) groups is 1. The molecule has 1 N–H and O–H groups in total. The van der Waals surface area contributed by atoms with E-state index in [1.165, 1.54) is 17.4 Å². The molecule has 7 nitrogen and oxygen atoms in total. The molecular weight excluding hydrogens is 455 g/mol. The van der Waals surface area contributed by atoms with Crippen LogP contribution in [0.5, 0.6) is 0 Å². The number of amides is 1. The quantitative estimate of drug-likeness (QED) is 0.589. The second kappa shape index (κ2) is 8.05. The number of benzene rings is 1. The predicted octanol–water partition coefficient (Wildman–Crippen LogP) is 4.32. The standard InChI is InChI=1S/C22H24F3N5O2S/c1-11(2)19(30-10-16(27-28-30)12-3-4-12)21(32)29-9-14(31)8-17(29)20-26-15-7-13(22(23,24)25)5-6-18(15)33-20/h5-7,10-12,14,17,19,31H,3-4,8-9H2,1-2H3/t14-,17+,19+/m1/s1. The molecule has 3 atom stereocenters. The number of alkyl halides is 3. The lowest BCUT2D eigenvalue weighted by molar-refractivity contribution is -0.138. The monoisotopic (exact) mass is 479 g/mol. The molecule has 0 spiro atoms. The number of nitrogens with zero attached hydrogens (tertiary/aromatic N) is 5. The van der Waals surface area contributed by atoms with Gasteiger partial charge in [0.15, 0.2) is 0 Å². The first-order valence-corrected chi connectivity index (χ1v) is 11.8. The number of fused-ring (bicyclic) bond motifs is 1. The molecule has 2 aromatic heterocycles. The molecule has 0 radical (unpaired) electrons. The lowest BCUT2D eigenvalue weighted by atomic mass is 10.0. The minimum absolute atomic E-state index is 0.0747. The highest BCUT2D eigenvalue weighted by Gasteiger charge is 2.42. The van der Waals surface area contributed by atoms with Gasteiger partial charge in [0.05, 0.1) is 33.6 Å². The highest BCUT2D eigenvalue weighted by molar-refractivity contribution is 7.18. The zero-order chi connectivity index (χ0) is 23.5. The number of β-amino-alcohol motifs (C(OH)–C–C–N with tert-alkyl or cyclic N) is 1. The summed E-state index contributed by atoms with van der Waals surface area (Å²) >= 11 is 1.25. The van der Waals surface area contributed by atoms with Crippen molar-refractivity contribution in [1.29, 1.82) is 0 Å². The molecule has 176 valence electrons. The fourth-order valence-electron chi connectivity index (χ4n) is 4.42. The van der Waals surface area contributed by atoms with Gasteiger partial charge in [-0.15, -0.1) is 16.4 Å². The van der Waals surface area contributed by atoms with E-state index in [1.807, 2.05) is 20.0 Å². The topological polar surface area (TPSA) is 84.1 Å². The summed E-state index contributed by atoms with van der Waals surface area (Å²) in [5.41, 5.74) is 0.367. The summed E-state index contributed by atoms with van der Waals surface area (Å²) in [6.07, 6.45) is -0.918. The molecule has 0 unspecified atom stereocenters. The molecule has 1 saturated carbocycles. The molecule has 1 amide bonds. The van der Waals surface area contributed by atoms with Crippen molar-refractivity contribution in [2.75, 3.05) is 6.54 Å².